The fourth-order valence-electron chi connectivity index (χ4n) is 2.58. The van der Waals surface area contributed by atoms with E-state index in [-0.39, 0.29) is 0 Å². The van der Waals surface area contributed by atoms with Crippen molar-refractivity contribution in [2.45, 2.75) is 12.8 Å². The summed E-state index contributed by atoms with van der Waals surface area (Å²) in [6, 6.07) is 13.4. The molecular formula is C21H24N2O6. The first-order chi connectivity index (χ1) is 14.0. The molecule has 1 atom stereocenters. The molecule has 2 aromatic rings. The van der Waals surface area contributed by atoms with Crippen molar-refractivity contribution in [2.75, 3.05) is 19.7 Å². The number of nitrogens with one attached hydrogen (secondary N) is 1. The van der Waals surface area contributed by atoms with Crippen LogP contribution in [0, 0.1) is 5.92 Å². The number of carboxylic acids is 2. The smallest absolute Gasteiger partial charge is 0.328 e. The van der Waals surface area contributed by atoms with Crippen molar-refractivity contribution in [3.63, 3.8) is 0 Å². The van der Waals surface area contributed by atoms with E-state index in [2.05, 4.69) is 10.3 Å². The van der Waals surface area contributed by atoms with Crippen LogP contribution in [0.4, 0.5) is 0 Å². The van der Waals surface area contributed by atoms with Crippen LogP contribution in [0.25, 0.3) is 0 Å². The van der Waals surface area contributed by atoms with Gasteiger partial charge in [-0.05, 0) is 43.7 Å². The Hall–Kier alpha value is -3.39. The van der Waals surface area contributed by atoms with Crippen molar-refractivity contribution in [1.82, 2.24) is 10.3 Å². The van der Waals surface area contributed by atoms with Gasteiger partial charge in [-0.2, -0.15) is 0 Å². The van der Waals surface area contributed by atoms with Crippen LogP contribution in [-0.2, 0) is 9.59 Å². The molecule has 0 saturated carbocycles. The standard InChI is InChI=1S/C17H20N2O2.C4H4O4/c1-2-7-15(8-3-1)21-17-16(9-5-11-19-17)20-13-14-6-4-10-18-12-14;5-3(6)1-2-4(7)8/h1-3,5,7-9,11,14,18H,4,6,10,12-13H2;1-2H,(H,5,6)(H,7,8)/b;2-1+/t14-;/m1./s1. The van der Waals surface area contributed by atoms with Crippen LogP contribution >= 0.6 is 0 Å². The molecule has 1 aromatic carbocycles. The van der Waals surface area contributed by atoms with E-state index in [0.717, 1.165) is 18.8 Å². The molecule has 1 aliphatic rings. The number of nitrogens with zero attached hydrogens (tertiary/aromatic N) is 1. The molecule has 29 heavy (non-hydrogen) atoms. The second-order valence-corrected chi connectivity index (χ2v) is 6.25. The predicted octanol–water partition coefficient (Wildman–Crippen LogP) is 2.96. The molecule has 0 spiro atoms. The molecule has 1 aromatic heterocycles. The maximum absolute atomic E-state index is 9.55. The van der Waals surface area contributed by atoms with E-state index >= 15 is 0 Å². The Morgan fingerprint density at radius 2 is 1.83 bits per heavy atom. The molecule has 3 rings (SSSR count). The summed E-state index contributed by atoms with van der Waals surface area (Å²) >= 11 is 0. The lowest BCUT2D eigenvalue weighted by atomic mass is 10.0. The Kier molecular flexibility index (Phi) is 9.17. The van der Waals surface area contributed by atoms with Crippen LogP contribution in [0.3, 0.4) is 0 Å². The van der Waals surface area contributed by atoms with Gasteiger partial charge in [-0.1, -0.05) is 18.2 Å². The van der Waals surface area contributed by atoms with E-state index in [1.165, 1.54) is 12.8 Å². The normalized spacial score (nSPS) is 15.8. The number of carboxylic acid groups (broad SMARTS) is 2. The van der Waals surface area contributed by atoms with Crippen LogP contribution in [0.15, 0.2) is 60.8 Å². The molecule has 0 amide bonds. The van der Waals surface area contributed by atoms with Crippen molar-refractivity contribution in [3.05, 3.63) is 60.8 Å². The molecule has 1 fully saturated rings. The van der Waals surface area contributed by atoms with Gasteiger partial charge in [0.25, 0.3) is 5.88 Å². The number of hydrogen-bond acceptors (Lipinski definition) is 6. The van der Waals surface area contributed by atoms with Gasteiger partial charge in [-0.3, -0.25) is 0 Å². The van der Waals surface area contributed by atoms with Gasteiger partial charge in [0, 0.05) is 30.8 Å². The highest BCUT2D eigenvalue weighted by Gasteiger charge is 2.15. The summed E-state index contributed by atoms with van der Waals surface area (Å²) < 4.78 is 11.7. The number of pyridine rings is 1. The highest BCUT2D eigenvalue weighted by Crippen LogP contribution is 2.29. The molecule has 0 aliphatic carbocycles. The molecule has 1 saturated heterocycles. The molecule has 1 aliphatic heterocycles. The molecule has 2 heterocycles. The second-order valence-electron chi connectivity index (χ2n) is 6.25. The van der Waals surface area contributed by atoms with Gasteiger partial charge in [0.15, 0.2) is 5.75 Å². The van der Waals surface area contributed by atoms with Crippen molar-refractivity contribution >= 4 is 11.9 Å². The molecule has 8 heteroatoms. The first-order valence-electron chi connectivity index (χ1n) is 9.20. The van der Waals surface area contributed by atoms with Crippen LogP contribution < -0.4 is 14.8 Å². The van der Waals surface area contributed by atoms with Gasteiger partial charge < -0.3 is 25.0 Å². The average molecular weight is 400 g/mol. The summed E-state index contributed by atoms with van der Waals surface area (Å²) in [7, 11) is 0. The number of para-hydroxylation sites is 1. The summed E-state index contributed by atoms with van der Waals surface area (Å²) in [6.07, 6.45) is 5.26. The van der Waals surface area contributed by atoms with Crippen LogP contribution in [0.1, 0.15) is 12.8 Å². The molecule has 0 radical (unpaired) electrons. The molecule has 154 valence electrons. The highest BCUT2D eigenvalue weighted by atomic mass is 16.5. The largest absolute Gasteiger partial charge is 0.488 e. The quantitative estimate of drug-likeness (QED) is 0.607. The van der Waals surface area contributed by atoms with E-state index in [0.29, 0.717) is 36.3 Å². The fraction of sp³-hybridized carbons (Fsp3) is 0.286. The van der Waals surface area contributed by atoms with Crippen LogP contribution in [0.5, 0.6) is 17.4 Å². The lowest BCUT2D eigenvalue weighted by Gasteiger charge is -2.23. The summed E-state index contributed by atoms with van der Waals surface area (Å²) in [6.45, 7) is 2.84. The Bertz CT molecular complexity index is 788. The van der Waals surface area contributed by atoms with Crippen LogP contribution in [-0.4, -0.2) is 46.8 Å². The zero-order valence-electron chi connectivity index (χ0n) is 15.9. The SMILES string of the molecule is O=C(O)/C=C/C(=O)O.c1ccc(Oc2ncccc2OC[C@@H]2CCCNC2)cc1. The number of ether oxygens (including phenoxy) is 2. The first kappa shape index (κ1) is 21.9. The first-order valence-corrected chi connectivity index (χ1v) is 9.20. The van der Waals surface area contributed by atoms with Crippen molar-refractivity contribution in [2.24, 2.45) is 5.92 Å². The third kappa shape index (κ3) is 8.89. The Balaban J connectivity index is 0.000000321. The van der Waals surface area contributed by atoms with E-state index in [9.17, 15) is 9.59 Å². The molecular weight excluding hydrogens is 376 g/mol. The zero-order chi connectivity index (χ0) is 20.9. The summed E-state index contributed by atoms with van der Waals surface area (Å²) in [5.74, 6) is 0.0307. The maximum Gasteiger partial charge on any atom is 0.328 e. The molecule has 0 bridgehead atoms. The summed E-state index contributed by atoms with van der Waals surface area (Å²) in [5.41, 5.74) is 0. The third-order valence-electron chi connectivity index (χ3n) is 3.94. The van der Waals surface area contributed by atoms with Crippen molar-refractivity contribution in [3.8, 4) is 17.4 Å². The van der Waals surface area contributed by atoms with Gasteiger partial charge in [-0.15, -0.1) is 0 Å². The Morgan fingerprint density at radius 1 is 1.10 bits per heavy atom. The lowest BCUT2D eigenvalue weighted by Crippen LogP contribution is -2.33. The number of rotatable bonds is 7. The number of carbonyl (C=O) groups is 2. The number of piperidine rings is 1. The van der Waals surface area contributed by atoms with Crippen LogP contribution in [0.2, 0.25) is 0 Å². The number of benzene rings is 1. The van der Waals surface area contributed by atoms with E-state index in [1.807, 2.05) is 42.5 Å². The molecule has 3 N–H and O–H groups in total. The highest BCUT2D eigenvalue weighted by molar-refractivity contribution is 5.89. The van der Waals surface area contributed by atoms with Gasteiger partial charge in [0.05, 0.1) is 6.61 Å². The minimum Gasteiger partial charge on any atom is -0.488 e. The number of aromatic nitrogens is 1. The van der Waals surface area contributed by atoms with Gasteiger partial charge in [0.1, 0.15) is 5.75 Å². The zero-order valence-corrected chi connectivity index (χ0v) is 15.9. The average Bonchev–Trinajstić information content (AvgIpc) is 2.74. The van der Waals surface area contributed by atoms with Gasteiger partial charge >= 0.3 is 11.9 Å². The topological polar surface area (TPSA) is 118 Å². The minimum atomic E-state index is -1.26. The van der Waals surface area contributed by atoms with Crippen molar-refractivity contribution in [1.29, 1.82) is 0 Å². The number of aliphatic carboxylic acids is 2. The predicted molar refractivity (Wildman–Crippen MR) is 106 cm³/mol. The van der Waals surface area contributed by atoms with Gasteiger partial charge in [0.2, 0.25) is 0 Å². The number of hydrogen-bond donors (Lipinski definition) is 3. The maximum atomic E-state index is 9.55. The third-order valence-corrected chi connectivity index (χ3v) is 3.94. The minimum absolute atomic E-state index is 0.521. The van der Waals surface area contributed by atoms with E-state index in [1.54, 1.807) is 6.20 Å². The Morgan fingerprint density at radius 3 is 2.45 bits per heavy atom. The van der Waals surface area contributed by atoms with E-state index in [4.69, 9.17) is 19.7 Å². The molecule has 8 nitrogen and oxygen atoms in total. The molecule has 0 unspecified atom stereocenters. The monoisotopic (exact) mass is 400 g/mol. The Labute approximate surface area is 168 Å². The van der Waals surface area contributed by atoms with Crippen molar-refractivity contribution < 1.29 is 29.3 Å². The summed E-state index contributed by atoms with van der Waals surface area (Å²) in [4.78, 5) is 23.4. The second kappa shape index (κ2) is 12.1. The summed E-state index contributed by atoms with van der Waals surface area (Å²) in [5, 5.41) is 19.0. The lowest BCUT2D eigenvalue weighted by molar-refractivity contribution is -0.134. The fourth-order valence-corrected chi connectivity index (χ4v) is 2.58. The van der Waals surface area contributed by atoms with E-state index < -0.39 is 11.9 Å². The van der Waals surface area contributed by atoms with Gasteiger partial charge in [-0.25, -0.2) is 14.6 Å².